The lowest BCUT2D eigenvalue weighted by Gasteiger charge is -2.17. The molecule has 0 atom stereocenters. The van der Waals surface area contributed by atoms with Gasteiger partial charge in [-0.15, -0.1) is 0 Å². The molecule has 136 valence electrons. The van der Waals surface area contributed by atoms with E-state index >= 15 is 0 Å². The molecule has 2 aromatic carbocycles. The highest BCUT2D eigenvalue weighted by molar-refractivity contribution is 5.86. The molecule has 4 heteroatoms. The van der Waals surface area contributed by atoms with Crippen LogP contribution in [0.4, 0.5) is 0 Å². The van der Waals surface area contributed by atoms with Crippen molar-refractivity contribution in [1.29, 1.82) is 0 Å². The maximum atomic E-state index is 5.58. The first-order valence-electron chi connectivity index (χ1n) is 8.12. The first-order valence-corrected chi connectivity index (χ1v) is 8.12. The van der Waals surface area contributed by atoms with Crippen LogP contribution in [0.5, 0.6) is 23.0 Å². The molecule has 4 nitrogen and oxygen atoms in total. The largest absolute Gasteiger partial charge is 0.497 e. The van der Waals surface area contributed by atoms with Gasteiger partial charge in [0.1, 0.15) is 23.0 Å². The number of hydrogen-bond donors (Lipinski definition) is 0. The number of methoxy groups -OCH3 is 4. The second kappa shape index (κ2) is 9.37. The molecular formula is C22H24O4. The van der Waals surface area contributed by atoms with Gasteiger partial charge in [-0.25, -0.2) is 0 Å². The summed E-state index contributed by atoms with van der Waals surface area (Å²) in [5, 5.41) is 0. The molecule has 0 saturated heterocycles. The third-order valence-corrected chi connectivity index (χ3v) is 3.91. The molecule has 26 heavy (non-hydrogen) atoms. The van der Waals surface area contributed by atoms with Crippen LogP contribution in [0, 0.1) is 0 Å². The zero-order chi connectivity index (χ0) is 18.9. The van der Waals surface area contributed by atoms with E-state index in [-0.39, 0.29) is 0 Å². The van der Waals surface area contributed by atoms with Gasteiger partial charge >= 0.3 is 0 Å². The molecule has 0 saturated carbocycles. The molecule has 0 aliphatic carbocycles. The predicted molar refractivity (Wildman–Crippen MR) is 106 cm³/mol. The molecule has 2 aromatic rings. The Labute approximate surface area is 155 Å². The van der Waals surface area contributed by atoms with Gasteiger partial charge in [-0.1, -0.05) is 30.9 Å². The summed E-state index contributed by atoms with van der Waals surface area (Å²) >= 11 is 0. The Morgan fingerprint density at radius 1 is 0.731 bits per heavy atom. The maximum absolute atomic E-state index is 5.58. The molecule has 0 unspecified atom stereocenters. The van der Waals surface area contributed by atoms with Gasteiger partial charge in [-0.3, -0.25) is 0 Å². The summed E-state index contributed by atoms with van der Waals surface area (Å²) in [6.07, 6.45) is 7.52. The van der Waals surface area contributed by atoms with Crippen LogP contribution in [0.1, 0.15) is 11.1 Å². The van der Waals surface area contributed by atoms with Crippen molar-refractivity contribution >= 4 is 5.57 Å². The second-order valence-corrected chi connectivity index (χ2v) is 5.33. The van der Waals surface area contributed by atoms with Gasteiger partial charge in [0.2, 0.25) is 0 Å². The Morgan fingerprint density at radius 3 is 1.62 bits per heavy atom. The molecular weight excluding hydrogens is 328 g/mol. The summed E-state index contributed by atoms with van der Waals surface area (Å²) in [5.41, 5.74) is 2.79. The molecule has 0 bridgehead atoms. The summed E-state index contributed by atoms with van der Waals surface area (Å²) < 4.78 is 21.8. The lowest BCUT2D eigenvalue weighted by molar-refractivity contribution is 0.392. The monoisotopic (exact) mass is 352 g/mol. The number of rotatable bonds is 8. The third kappa shape index (κ3) is 4.28. The first kappa shape index (κ1) is 19.2. The summed E-state index contributed by atoms with van der Waals surface area (Å²) in [4.78, 5) is 0. The van der Waals surface area contributed by atoms with E-state index in [4.69, 9.17) is 18.9 Å². The highest BCUT2D eigenvalue weighted by Crippen LogP contribution is 2.38. The van der Waals surface area contributed by atoms with Crippen molar-refractivity contribution in [3.05, 3.63) is 78.4 Å². The van der Waals surface area contributed by atoms with E-state index in [1.165, 1.54) is 0 Å². The summed E-state index contributed by atoms with van der Waals surface area (Å²) in [7, 11) is 6.54. The summed E-state index contributed by atoms with van der Waals surface area (Å²) in [6, 6.07) is 11.5. The standard InChI is InChI=1S/C22H24O4/c1-6-7-8-9-18(19-12-10-16(23-2)14-21(19)25-4)20-13-11-17(24-3)15-22(20)26-5/h6-15H,1H2,2-5H3. The van der Waals surface area contributed by atoms with Crippen LogP contribution in [0.3, 0.4) is 0 Å². The van der Waals surface area contributed by atoms with E-state index in [9.17, 15) is 0 Å². The van der Waals surface area contributed by atoms with Crippen LogP contribution in [-0.4, -0.2) is 28.4 Å². The van der Waals surface area contributed by atoms with Crippen molar-refractivity contribution in [2.75, 3.05) is 28.4 Å². The molecule has 0 N–H and O–H groups in total. The fraction of sp³-hybridized carbons (Fsp3) is 0.182. The number of allylic oxidation sites excluding steroid dienone is 4. The van der Waals surface area contributed by atoms with Gasteiger partial charge in [0.05, 0.1) is 28.4 Å². The van der Waals surface area contributed by atoms with Gasteiger partial charge in [0, 0.05) is 23.3 Å². The minimum atomic E-state index is 0.709. The Bertz CT molecular complexity index is 761. The van der Waals surface area contributed by atoms with Crippen molar-refractivity contribution in [1.82, 2.24) is 0 Å². The van der Waals surface area contributed by atoms with Crippen LogP contribution in [0.2, 0.25) is 0 Å². The molecule has 0 aliphatic rings. The van der Waals surface area contributed by atoms with Crippen molar-refractivity contribution in [2.45, 2.75) is 0 Å². The van der Waals surface area contributed by atoms with Crippen LogP contribution in [0.25, 0.3) is 5.57 Å². The van der Waals surface area contributed by atoms with Crippen molar-refractivity contribution < 1.29 is 18.9 Å². The van der Waals surface area contributed by atoms with E-state index in [1.54, 1.807) is 34.5 Å². The number of ether oxygens (including phenoxy) is 4. The fourth-order valence-corrected chi connectivity index (χ4v) is 2.60. The molecule has 0 heterocycles. The Balaban J connectivity index is 2.68. The lowest BCUT2D eigenvalue weighted by Crippen LogP contribution is -1.98. The zero-order valence-corrected chi connectivity index (χ0v) is 15.6. The quantitative estimate of drug-likeness (QED) is 0.634. The van der Waals surface area contributed by atoms with Crippen molar-refractivity contribution in [3.8, 4) is 23.0 Å². The Hall–Kier alpha value is -3.14. The topological polar surface area (TPSA) is 36.9 Å². The number of benzene rings is 2. The average Bonchev–Trinajstić information content (AvgIpc) is 2.70. The molecule has 0 aliphatic heterocycles. The zero-order valence-electron chi connectivity index (χ0n) is 15.6. The van der Waals surface area contributed by atoms with Crippen LogP contribution in [-0.2, 0) is 0 Å². The van der Waals surface area contributed by atoms with E-state index in [0.29, 0.717) is 11.5 Å². The van der Waals surface area contributed by atoms with Crippen molar-refractivity contribution in [3.63, 3.8) is 0 Å². The Morgan fingerprint density at radius 2 is 1.23 bits per heavy atom. The first-order chi connectivity index (χ1) is 12.7. The van der Waals surface area contributed by atoms with Crippen LogP contribution >= 0.6 is 0 Å². The molecule has 0 spiro atoms. The second-order valence-electron chi connectivity index (χ2n) is 5.33. The molecule has 0 fully saturated rings. The molecule has 0 amide bonds. The number of hydrogen-bond acceptors (Lipinski definition) is 4. The lowest BCUT2D eigenvalue weighted by atomic mass is 9.95. The van der Waals surface area contributed by atoms with Gasteiger partial charge < -0.3 is 18.9 Å². The molecule has 0 radical (unpaired) electrons. The fourth-order valence-electron chi connectivity index (χ4n) is 2.60. The summed E-state index contributed by atoms with van der Waals surface area (Å²) in [6.45, 7) is 3.72. The van der Waals surface area contributed by atoms with E-state index < -0.39 is 0 Å². The van der Waals surface area contributed by atoms with E-state index in [1.807, 2.05) is 54.6 Å². The normalized spacial score (nSPS) is 10.3. The summed E-state index contributed by atoms with van der Waals surface area (Å²) in [5.74, 6) is 2.88. The van der Waals surface area contributed by atoms with Gasteiger partial charge in [0.15, 0.2) is 0 Å². The SMILES string of the molecule is C=CC=CC=C(c1ccc(OC)cc1OC)c1ccc(OC)cc1OC. The van der Waals surface area contributed by atoms with Gasteiger partial charge in [0.25, 0.3) is 0 Å². The molecule has 2 rings (SSSR count). The predicted octanol–water partition coefficient (Wildman–Crippen LogP) is 4.89. The van der Waals surface area contributed by atoms with Gasteiger partial charge in [-0.05, 0) is 29.8 Å². The third-order valence-electron chi connectivity index (χ3n) is 3.91. The minimum absolute atomic E-state index is 0.709. The van der Waals surface area contributed by atoms with Crippen molar-refractivity contribution in [2.24, 2.45) is 0 Å². The molecule has 0 aromatic heterocycles. The maximum Gasteiger partial charge on any atom is 0.130 e. The highest BCUT2D eigenvalue weighted by Gasteiger charge is 2.16. The average molecular weight is 352 g/mol. The minimum Gasteiger partial charge on any atom is -0.497 e. The Kier molecular flexibility index (Phi) is 6.92. The smallest absolute Gasteiger partial charge is 0.130 e. The van der Waals surface area contributed by atoms with Crippen LogP contribution < -0.4 is 18.9 Å². The van der Waals surface area contributed by atoms with E-state index in [0.717, 1.165) is 28.2 Å². The van der Waals surface area contributed by atoms with E-state index in [2.05, 4.69) is 6.58 Å². The highest BCUT2D eigenvalue weighted by atomic mass is 16.5. The van der Waals surface area contributed by atoms with Gasteiger partial charge in [-0.2, -0.15) is 0 Å². The van der Waals surface area contributed by atoms with Crippen LogP contribution in [0.15, 0.2) is 67.3 Å².